The fourth-order valence-electron chi connectivity index (χ4n) is 4.85. The maximum atomic E-state index is 13.4. The van der Waals surface area contributed by atoms with E-state index in [0.717, 1.165) is 30.9 Å². The highest BCUT2D eigenvalue weighted by molar-refractivity contribution is 5.87. The lowest BCUT2D eigenvalue weighted by molar-refractivity contribution is -0.133. The SMILES string of the molecule is CO/N=C(\C)C(Cc1ccccn1)N1CCN(C(=O)CC(c2ccccc2)c2ccccc2)CC1. The first-order valence-electron chi connectivity index (χ1n) is 12.2. The first-order chi connectivity index (χ1) is 17.2. The van der Waals surface area contributed by atoms with E-state index in [1.54, 1.807) is 7.11 Å². The van der Waals surface area contributed by atoms with Crippen LogP contribution in [0, 0.1) is 0 Å². The summed E-state index contributed by atoms with van der Waals surface area (Å²) in [5.74, 6) is 0.252. The topological polar surface area (TPSA) is 58.0 Å². The molecule has 0 N–H and O–H groups in total. The van der Waals surface area contributed by atoms with Crippen molar-refractivity contribution in [2.45, 2.75) is 31.7 Å². The number of aromatic nitrogens is 1. The number of carbonyl (C=O) groups excluding carboxylic acids is 1. The van der Waals surface area contributed by atoms with Crippen molar-refractivity contribution >= 4 is 11.6 Å². The van der Waals surface area contributed by atoms with Crippen LogP contribution in [0.5, 0.6) is 0 Å². The van der Waals surface area contributed by atoms with Gasteiger partial charge in [0, 0.05) is 56.8 Å². The Bertz CT molecular complexity index is 1040. The molecular formula is C29H34N4O2. The zero-order valence-electron chi connectivity index (χ0n) is 20.6. The van der Waals surface area contributed by atoms with Crippen LogP contribution in [0.2, 0.25) is 0 Å². The van der Waals surface area contributed by atoms with Crippen molar-refractivity contribution in [2.75, 3.05) is 33.3 Å². The molecule has 1 fully saturated rings. The zero-order valence-corrected chi connectivity index (χ0v) is 20.6. The summed E-state index contributed by atoms with van der Waals surface area (Å²) in [4.78, 5) is 27.4. The molecule has 2 aromatic carbocycles. The highest BCUT2D eigenvalue weighted by Crippen LogP contribution is 2.29. The van der Waals surface area contributed by atoms with Crippen molar-refractivity contribution in [3.05, 3.63) is 102 Å². The van der Waals surface area contributed by atoms with Crippen LogP contribution < -0.4 is 0 Å². The van der Waals surface area contributed by atoms with E-state index in [1.165, 1.54) is 11.1 Å². The number of rotatable bonds is 9. The normalized spacial score (nSPS) is 15.7. The summed E-state index contributed by atoms with van der Waals surface area (Å²) in [5, 5.41) is 4.22. The Hall–Kier alpha value is -3.51. The fraction of sp³-hybridized carbons (Fsp3) is 0.345. The van der Waals surface area contributed by atoms with Gasteiger partial charge in [-0.3, -0.25) is 14.7 Å². The minimum atomic E-state index is 0.0518. The molecule has 6 heteroatoms. The predicted octanol–water partition coefficient (Wildman–Crippen LogP) is 4.38. The van der Waals surface area contributed by atoms with E-state index in [9.17, 15) is 4.79 Å². The highest BCUT2D eigenvalue weighted by Gasteiger charge is 2.30. The molecule has 1 amide bonds. The number of nitrogens with zero attached hydrogens (tertiary/aromatic N) is 4. The average molecular weight is 471 g/mol. The second-order valence-electron chi connectivity index (χ2n) is 8.95. The summed E-state index contributed by atoms with van der Waals surface area (Å²) in [6, 6.07) is 26.7. The molecule has 0 saturated carbocycles. The number of benzene rings is 2. The van der Waals surface area contributed by atoms with Gasteiger partial charge in [-0.25, -0.2) is 0 Å². The summed E-state index contributed by atoms with van der Waals surface area (Å²) in [5.41, 5.74) is 4.29. The molecule has 3 aromatic rings. The Morgan fingerprint density at radius 2 is 1.51 bits per heavy atom. The van der Waals surface area contributed by atoms with Crippen LogP contribution in [0.1, 0.15) is 36.1 Å². The summed E-state index contributed by atoms with van der Waals surface area (Å²) in [6.07, 6.45) is 3.05. The highest BCUT2D eigenvalue weighted by atomic mass is 16.6. The van der Waals surface area contributed by atoms with Crippen LogP contribution >= 0.6 is 0 Å². The van der Waals surface area contributed by atoms with Crippen molar-refractivity contribution in [3.63, 3.8) is 0 Å². The maximum absolute atomic E-state index is 13.4. The van der Waals surface area contributed by atoms with Gasteiger partial charge in [0.15, 0.2) is 0 Å². The van der Waals surface area contributed by atoms with Gasteiger partial charge in [0.25, 0.3) is 0 Å². The van der Waals surface area contributed by atoms with E-state index in [0.29, 0.717) is 19.5 Å². The molecule has 35 heavy (non-hydrogen) atoms. The third-order valence-electron chi connectivity index (χ3n) is 6.74. The number of carbonyl (C=O) groups is 1. The van der Waals surface area contributed by atoms with Crippen LogP contribution in [0.4, 0.5) is 0 Å². The number of piperazine rings is 1. The van der Waals surface area contributed by atoms with Gasteiger partial charge in [-0.1, -0.05) is 71.9 Å². The average Bonchev–Trinajstić information content (AvgIpc) is 2.92. The monoisotopic (exact) mass is 470 g/mol. The van der Waals surface area contributed by atoms with Gasteiger partial charge in [-0.15, -0.1) is 0 Å². The van der Waals surface area contributed by atoms with E-state index >= 15 is 0 Å². The first kappa shape index (κ1) is 24.6. The standard InChI is InChI=1S/C29H34N4O2/c1-23(31-35-2)28(21-26-15-9-10-16-30-26)32-17-19-33(20-18-32)29(34)22-27(24-11-5-3-6-12-24)25-13-7-4-8-14-25/h3-16,27-28H,17-22H2,1-2H3/b31-23+. The van der Waals surface area contributed by atoms with Gasteiger partial charge in [-0.05, 0) is 30.2 Å². The van der Waals surface area contributed by atoms with Gasteiger partial charge in [0.1, 0.15) is 7.11 Å². The molecule has 1 aromatic heterocycles. The Morgan fingerprint density at radius 1 is 0.914 bits per heavy atom. The number of hydrogen-bond acceptors (Lipinski definition) is 5. The second kappa shape index (κ2) is 12.3. The molecule has 182 valence electrons. The van der Waals surface area contributed by atoms with E-state index in [-0.39, 0.29) is 17.9 Å². The molecule has 2 heterocycles. The number of amides is 1. The van der Waals surface area contributed by atoms with Gasteiger partial charge in [0.05, 0.1) is 11.8 Å². The van der Waals surface area contributed by atoms with Crippen LogP contribution in [-0.4, -0.2) is 65.7 Å². The molecule has 0 bridgehead atoms. The second-order valence-corrected chi connectivity index (χ2v) is 8.95. The Kier molecular flexibility index (Phi) is 8.63. The molecule has 1 atom stereocenters. The van der Waals surface area contributed by atoms with E-state index in [4.69, 9.17) is 4.84 Å². The molecule has 6 nitrogen and oxygen atoms in total. The van der Waals surface area contributed by atoms with Crippen molar-refractivity contribution < 1.29 is 9.63 Å². The Labute approximate surface area is 208 Å². The minimum Gasteiger partial charge on any atom is -0.399 e. The summed E-state index contributed by atoms with van der Waals surface area (Å²) >= 11 is 0. The van der Waals surface area contributed by atoms with Gasteiger partial charge in [0.2, 0.25) is 5.91 Å². The van der Waals surface area contributed by atoms with Gasteiger partial charge in [-0.2, -0.15) is 0 Å². The Morgan fingerprint density at radius 3 is 2.06 bits per heavy atom. The van der Waals surface area contributed by atoms with E-state index in [2.05, 4.69) is 39.3 Å². The van der Waals surface area contributed by atoms with Crippen LogP contribution in [0.3, 0.4) is 0 Å². The summed E-state index contributed by atoms with van der Waals surface area (Å²) < 4.78 is 0. The van der Waals surface area contributed by atoms with Crippen molar-refractivity contribution in [1.29, 1.82) is 0 Å². The number of pyridine rings is 1. The molecular weight excluding hydrogens is 436 g/mol. The molecule has 1 saturated heterocycles. The van der Waals surface area contributed by atoms with Gasteiger partial charge < -0.3 is 9.74 Å². The third kappa shape index (κ3) is 6.55. The smallest absolute Gasteiger partial charge is 0.223 e. The summed E-state index contributed by atoms with van der Waals surface area (Å²) in [7, 11) is 1.58. The third-order valence-corrected chi connectivity index (χ3v) is 6.74. The molecule has 1 unspecified atom stereocenters. The zero-order chi connectivity index (χ0) is 24.5. The minimum absolute atomic E-state index is 0.0518. The molecule has 0 spiro atoms. The van der Waals surface area contributed by atoms with Crippen molar-refractivity contribution in [1.82, 2.24) is 14.8 Å². The first-order valence-corrected chi connectivity index (χ1v) is 12.2. The van der Waals surface area contributed by atoms with Gasteiger partial charge >= 0.3 is 0 Å². The maximum Gasteiger partial charge on any atom is 0.223 e. The lowest BCUT2D eigenvalue weighted by atomic mass is 9.88. The van der Waals surface area contributed by atoms with Crippen LogP contribution in [0.15, 0.2) is 90.2 Å². The lowest BCUT2D eigenvalue weighted by Gasteiger charge is -2.39. The molecule has 1 aliphatic rings. The lowest BCUT2D eigenvalue weighted by Crippen LogP contribution is -2.54. The summed E-state index contributed by atoms with van der Waals surface area (Å²) in [6.45, 7) is 4.99. The number of hydrogen-bond donors (Lipinski definition) is 0. The van der Waals surface area contributed by atoms with Crippen LogP contribution in [-0.2, 0) is 16.1 Å². The van der Waals surface area contributed by atoms with Crippen LogP contribution in [0.25, 0.3) is 0 Å². The molecule has 1 aliphatic heterocycles. The predicted molar refractivity (Wildman–Crippen MR) is 139 cm³/mol. The molecule has 0 radical (unpaired) electrons. The van der Waals surface area contributed by atoms with E-state index in [1.807, 2.05) is 72.6 Å². The largest absolute Gasteiger partial charge is 0.399 e. The van der Waals surface area contributed by atoms with Crippen molar-refractivity contribution in [2.24, 2.45) is 5.16 Å². The molecule has 0 aliphatic carbocycles. The Balaban J connectivity index is 1.42. The van der Waals surface area contributed by atoms with Crippen molar-refractivity contribution in [3.8, 4) is 0 Å². The number of oxime groups is 1. The molecule has 4 rings (SSSR count). The quantitative estimate of drug-likeness (QED) is 0.344. The fourth-order valence-corrected chi connectivity index (χ4v) is 4.85. The van der Waals surface area contributed by atoms with E-state index < -0.39 is 0 Å².